The molecule has 0 aromatic heterocycles. The number of methoxy groups -OCH3 is 2. The number of amides is 1. The molecule has 1 N–H and O–H groups in total. The van der Waals surface area contributed by atoms with Gasteiger partial charge in [0.2, 0.25) is 0 Å². The second-order valence-corrected chi connectivity index (χ2v) is 6.11. The lowest BCUT2D eigenvalue weighted by molar-refractivity contribution is -0.148. The third kappa shape index (κ3) is 7.89. The summed E-state index contributed by atoms with van der Waals surface area (Å²) in [6, 6.07) is 3.38. The summed E-state index contributed by atoms with van der Waals surface area (Å²) in [5.74, 6) is -2.28. The van der Waals surface area contributed by atoms with E-state index in [-0.39, 0.29) is 11.7 Å². The summed E-state index contributed by atoms with van der Waals surface area (Å²) in [5.41, 5.74) is 0.428. The van der Waals surface area contributed by atoms with Gasteiger partial charge in [-0.3, -0.25) is 4.79 Å². The number of benzene rings is 1. The Balaban J connectivity index is 2.53. The minimum atomic E-state index is -0.806. The van der Waals surface area contributed by atoms with Crippen LogP contribution in [0.5, 0.6) is 5.75 Å². The fraction of sp³-hybridized carbons (Fsp3) is 0.421. The van der Waals surface area contributed by atoms with E-state index in [0.29, 0.717) is 12.0 Å². The summed E-state index contributed by atoms with van der Waals surface area (Å²) in [4.78, 5) is 35.2. The van der Waals surface area contributed by atoms with Crippen LogP contribution < -0.4 is 10.1 Å². The second kappa shape index (κ2) is 10.9. The zero-order chi connectivity index (χ0) is 20.4. The van der Waals surface area contributed by atoms with Crippen LogP contribution >= 0.6 is 0 Å². The van der Waals surface area contributed by atoms with Crippen molar-refractivity contribution in [2.45, 2.75) is 26.3 Å². The van der Waals surface area contributed by atoms with Gasteiger partial charge in [0.1, 0.15) is 6.04 Å². The molecule has 0 aliphatic heterocycles. The SMILES string of the molecule is COC(=O)[C@@H](CC(C)C)NC(=O)COC(=O)/C=C/c1ccc(OC)c(F)c1. The quantitative estimate of drug-likeness (QED) is 0.520. The van der Waals surface area contributed by atoms with Gasteiger partial charge in [0, 0.05) is 6.08 Å². The molecule has 148 valence electrons. The highest BCUT2D eigenvalue weighted by atomic mass is 19.1. The monoisotopic (exact) mass is 381 g/mol. The van der Waals surface area contributed by atoms with Gasteiger partial charge in [-0.25, -0.2) is 14.0 Å². The van der Waals surface area contributed by atoms with E-state index < -0.39 is 36.3 Å². The Kier molecular flexibility index (Phi) is 8.98. The molecule has 7 nitrogen and oxygen atoms in total. The van der Waals surface area contributed by atoms with Crippen LogP contribution in [0.1, 0.15) is 25.8 Å². The van der Waals surface area contributed by atoms with Crippen molar-refractivity contribution in [1.82, 2.24) is 5.32 Å². The molecule has 0 saturated heterocycles. The number of halogens is 1. The van der Waals surface area contributed by atoms with E-state index in [2.05, 4.69) is 10.1 Å². The van der Waals surface area contributed by atoms with Crippen LogP contribution in [0, 0.1) is 11.7 Å². The van der Waals surface area contributed by atoms with Crippen LogP contribution in [0.3, 0.4) is 0 Å². The summed E-state index contributed by atoms with van der Waals surface area (Å²) in [7, 11) is 2.58. The lowest BCUT2D eigenvalue weighted by Crippen LogP contribution is -2.44. The number of carbonyl (C=O) groups excluding carboxylic acids is 3. The normalized spacial score (nSPS) is 11.9. The summed E-state index contributed by atoms with van der Waals surface area (Å²) < 4.78 is 27.8. The van der Waals surface area contributed by atoms with Crippen molar-refractivity contribution < 1.29 is 33.0 Å². The van der Waals surface area contributed by atoms with E-state index in [1.54, 1.807) is 6.07 Å². The average Bonchev–Trinajstić information content (AvgIpc) is 2.63. The first-order valence-electron chi connectivity index (χ1n) is 8.32. The van der Waals surface area contributed by atoms with Gasteiger partial charge in [0.25, 0.3) is 5.91 Å². The first kappa shape index (κ1) is 22.1. The van der Waals surface area contributed by atoms with Crippen molar-refractivity contribution in [2.24, 2.45) is 5.92 Å². The summed E-state index contributed by atoms with van der Waals surface area (Å²) in [6.45, 7) is 3.25. The van der Waals surface area contributed by atoms with Crippen LogP contribution in [0.25, 0.3) is 6.08 Å². The lowest BCUT2D eigenvalue weighted by atomic mass is 10.0. The molecular formula is C19H24FNO6. The predicted octanol–water partition coefficient (Wildman–Crippen LogP) is 2.09. The van der Waals surface area contributed by atoms with Gasteiger partial charge in [-0.15, -0.1) is 0 Å². The number of nitrogens with one attached hydrogen (secondary N) is 1. The van der Waals surface area contributed by atoms with E-state index in [1.807, 2.05) is 13.8 Å². The summed E-state index contributed by atoms with van der Waals surface area (Å²) in [6.07, 6.45) is 2.81. The van der Waals surface area contributed by atoms with E-state index in [9.17, 15) is 18.8 Å². The van der Waals surface area contributed by atoms with Crippen LogP contribution in [0.15, 0.2) is 24.3 Å². The first-order valence-corrected chi connectivity index (χ1v) is 8.32. The molecule has 1 rings (SSSR count). The molecule has 1 atom stereocenters. The molecule has 0 unspecified atom stereocenters. The Morgan fingerprint density at radius 3 is 2.48 bits per heavy atom. The average molecular weight is 381 g/mol. The molecule has 0 aliphatic carbocycles. The van der Waals surface area contributed by atoms with Gasteiger partial charge >= 0.3 is 11.9 Å². The maximum Gasteiger partial charge on any atom is 0.331 e. The molecule has 0 radical (unpaired) electrons. The maximum absolute atomic E-state index is 13.6. The van der Waals surface area contributed by atoms with Gasteiger partial charge in [0.05, 0.1) is 14.2 Å². The van der Waals surface area contributed by atoms with Crippen LogP contribution in [0.4, 0.5) is 4.39 Å². The van der Waals surface area contributed by atoms with E-state index in [4.69, 9.17) is 9.47 Å². The van der Waals surface area contributed by atoms with Gasteiger partial charge < -0.3 is 19.5 Å². The molecular weight excluding hydrogens is 357 g/mol. The largest absolute Gasteiger partial charge is 0.494 e. The minimum absolute atomic E-state index is 0.0907. The molecule has 27 heavy (non-hydrogen) atoms. The standard InChI is InChI=1S/C19H24FNO6/c1-12(2)9-15(19(24)26-4)21-17(22)11-27-18(23)8-6-13-5-7-16(25-3)14(20)10-13/h5-8,10,12,15H,9,11H2,1-4H3,(H,21,22)/b8-6+/t15-/m1/s1. The highest BCUT2D eigenvalue weighted by molar-refractivity contribution is 5.90. The minimum Gasteiger partial charge on any atom is -0.494 e. The van der Waals surface area contributed by atoms with Gasteiger partial charge in [-0.1, -0.05) is 19.9 Å². The van der Waals surface area contributed by atoms with Crippen LogP contribution in [-0.2, 0) is 23.9 Å². The maximum atomic E-state index is 13.6. The van der Waals surface area contributed by atoms with Crippen molar-refractivity contribution >= 4 is 23.9 Å². The topological polar surface area (TPSA) is 90.9 Å². The molecule has 8 heteroatoms. The Morgan fingerprint density at radius 1 is 1.22 bits per heavy atom. The highest BCUT2D eigenvalue weighted by Crippen LogP contribution is 2.18. The number of hydrogen-bond donors (Lipinski definition) is 1. The molecule has 0 heterocycles. The van der Waals surface area contributed by atoms with Crippen molar-refractivity contribution in [3.63, 3.8) is 0 Å². The van der Waals surface area contributed by atoms with Crippen molar-refractivity contribution in [3.8, 4) is 5.75 Å². The summed E-state index contributed by atoms with van der Waals surface area (Å²) >= 11 is 0. The van der Waals surface area contributed by atoms with Crippen molar-refractivity contribution in [3.05, 3.63) is 35.7 Å². The molecule has 0 fully saturated rings. The third-order valence-electron chi connectivity index (χ3n) is 3.46. The molecule has 0 saturated carbocycles. The number of hydrogen-bond acceptors (Lipinski definition) is 6. The molecule has 1 aromatic rings. The fourth-order valence-corrected chi connectivity index (χ4v) is 2.20. The smallest absolute Gasteiger partial charge is 0.331 e. The van der Waals surface area contributed by atoms with Gasteiger partial charge in [0.15, 0.2) is 18.2 Å². The fourth-order valence-electron chi connectivity index (χ4n) is 2.20. The lowest BCUT2D eigenvalue weighted by Gasteiger charge is -2.18. The Labute approximate surface area is 157 Å². The first-order chi connectivity index (χ1) is 12.8. The Bertz CT molecular complexity index is 701. The van der Waals surface area contributed by atoms with Crippen molar-refractivity contribution in [2.75, 3.05) is 20.8 Å². The highest BCUT2D eigenvalue weighted by Gasteiger charge is 2.22. The number of rotatable bonds is 9. The summed E-state index contributed by atoms with van der Waals surface area (Å²) in [5, 5.41) is 2.47. The Hall–Kier alpha value is -2.90. The Morgan fingerprint density at radius 2 is 1.93 bits per heavy atom. The van der Waals surface area contributed by atoms with Gasteiger partial charge in [-0.05, 0) is 36.1 Å². The molecule has 0 bridgehead atoms. The van der Waals surface area contributed by atoms with E-state index in [0.717, 1.165) is 6.08 Å². The van der Waals surface area contributed by atoms with Gasteiger partial charge in [-0.2, -0.15) is 0 Å². The zero-order valence-electron chi connectivity index (χ0n) is 15.8. The van der Waals surface area contributed by atoms with E-state index in [1.165, 1.54) is 32.4 Å². The molecule has 1 amide bonds. The molecule has 0 aliphatic rings. The van der Waals surface area contributed by atoms with Crippen LogP contribution in [0.2, 0.25) is 0 Å². The third-order valence-corrected chi connectivity index (χ3v) is 3.46. The second-order valence-electron chi connectivity index (χ2n) is 6.11. The number of esters is 2. The molecule has 0 spiro atoms. The number of carbonyl (C=O) groups is 3. The predicted molar refractivity (Wildman–Crippen MR) is 96.3 cm³/mol. The van der Waals surface area contributed by atoms with Crippen molar-refractivity contribution in [1.29, 1.82) is 0 Å². The molecule has 1 aromatic carbocycles. The van der Waals surface area contributed by atoms with E-state index >= 15 is 0 Å². The number of ether oxygens (including phenoxy) is 3. The zero-order valence-corrected chi connectivity index (χ0v) is 15.8. The van der Waals surface area contributed by atoms with Crippen LogP contribution in [-0.4, -0.2) is 44.7 Å².